The monoisotopic (exact) mass is 402 g/mol. The van der Waals surface area contributed by atoms with Gasteiger partial charge in [-0.15, -0.1) is 0 Å². The molecule has 3 aromatic rings. The number of nitrogens with zero attached hydrogens (tertiary/aromatic N) is 3. The van der Waals surface area contributed by atoms with E-state index in [1.807, 2.05) is 18.2 Å². The number of rotatable bonds is 6. The zero-order chi connectivity index (χ0) is 20.9. The Kier molecular flexibility index (Phi) is 5.93. The number of hydrogen-bond acceptors (Lipinski definition) is 3. The molecule has 2 amide bonds. The van der Waals surface area contributed by atoms with E-state index in [0.29, 0.717) is 26.1 Å². The van der Waals surface area contributed by atoms with Crippen LogP contribution < -0.4 is 0 Å². The lowest BCUT2D eigenvalue weighted by Crippen LogP contribution is -2.46. The van der Waals surface area contributed by atoms with Crippen LogP contribution in [0.25, 0.3) is 11.1 Å². The first-order valence-electron chi connectivity index (χ1n) is 10.3. The van der Waals surface area contributed by atoms with E-state index >= 15 is 0 Å². The van der Waals surface area contributed by atoms with E-state index in [9.17, 15) is 9.59 Å². The summed E-state index contributed by atoms with van der Waals surface area (Å²) in [6, 6.07) is 18.1. The van der Waals surface area contributed by atoms with Gasteiger partial charge in [0.2, 0.25) is 11.8 Å². The van der Waals surface area contributed by atoms with Gasteiger partial charge < -0.3 is 14.8 Å². The average molecular weight is 402 g/mol. The predicted molar refractivity (Wildman–Crippen MR) is 115 cm³/mol. The third-order valence-corrected chi connectivity index (χ3v) is 5.58. The van der Waals surface area contributed by atoms with Gasteiger partial charge in [-0.2, -0.15) is 0 Å². The van der Waals surface area contributed by atoms with Crippen molar-refractivity contribution >= 4 is 11.8 Å². The van der Waals surface area contributed by atoms with Gasteiger partial charge in [-0.1, -0.05) is 54.6 Å². The van der Waals surface area contributed by atoms with Crippen molar-refractivity contribution in [2.75, 3.05) is 6.54 Å². The zero-order valence-electron chi connectivity index (χ0n) is 17.1. The van der Waals surface area contributed by atoms with Gasteiger partial charge in [-0.25, -0.2) is 4.98 Å². The molecule has 1 aliphatic heterocycles. The number of likely N-dealkylation sites (tertiary alicyclic amines) is 1. The third-order valence-electron chi connectivity index (χ3n) is 5.58. The molecule has 0 unspecified atom stereocenters. The van der Waals surface area contributed by atoms with Gasteiger partial charge in [0.05, 0.1) is 6.54 Å². The molecule has 0 bridgehead atoms. The van der Waals surface area contributed by atoms with Crippen molar-refractivity contribution in [3.05, 3.63) is 78.4 Å². The van der Waals surface area contributed by atoms with Gasteiger partial charge in [-0.3, -0.25) is 9.59 Å². The van der Waals surface area contributed by atoms with Crippen LogP contribution in [-0.2, 0) is 22.7 Å². The summed E-state index contributed by atoms with van der Waals surface area (Å²) in [5, 5.41) is 0. The van der Waals surface area contributed by atoms with Crippen LogP contribution in [0.3, 0.4) is 0 Å². The molecule has 2 aromatic carbocycles. The number of carbonyl (C=O) groups is 2. The highest BCUT2D eigenvalue weighted by atomic mass is 16.2. The largest absolute Gasteiger partial charge is 0.347 e. The third kappa shape index (κ3) is 4.43. The van der Waals surface area contributed by atoms with Crippen LogP contribution >= 0.6 is 0 Å². The van der Waals surface area contributed by atoms with Crippen molar-refractivity contribution in [3.8, 4) is 11.1 Å². The Morgan fingerprint density at radius 1 is 1.07 bits per heavy atom. The quantitative estimate of drug-likeness (QED) is 0.685. The Balaban J connectivity index is 1.54. The molecule has 0 spiro atoms. The van der Waals surface area contributed by atoms with Crippen LogP contribution in [0.5, 0.6) is 0 Å². The number of hydrogen-bond donors (Lipinski definition) is 1. The second kappa shape index (κ2) is 8.95. The maximum absolute atomic E-state index is 13.4. The van der Waals surface area contributed by atoms with Crippen LogP contribution in [0.15, 0.2) is 67.0 Å². The summed E-state index contributed by atoms with van der Waals surface area (Å²) in [5.41, 5.74) is 3.35. The Bertz CT molecular complexity index is 984. The van der Waals surface area contributed by atoms with Crippen molar-refractivity contribution < 1.29 is 9.59 Å². The highest BCUT2D eigenvalue weighted by molar-refractivity contribution is 5.87. The van der Waals surface area contributed by atoms with E-state index < -0.39 is 0 Å². The normalized spacial score (nSPS) is 15.9. The topological polar surface area (TPSA) is 69.3 Å². The van der Waals surface area contributed by atoms with Crippen molar-refractivity contribution in [2.24, 2.45) is 0 Å². The number of nitrogens with one attached hydrogen (secondary N) is 1. The molecular weight excluding hydrogens is 376 g/mol. The molecule has 6 nitrogen and oxygen atoms in total. The lowest BCUT2D eigenvalue weighted by Gasteiger charge is -2.29. The van der Waals surface area contributed by atoms with Gasteiger partial charge in [0.25, 0.3) is 0 Å². The summed E-state index contributed by atoms with van der Waals surface area (Å²) < 4.78 is 0. The van der Waals surface area contributed by atoms with E-state index in [1.165, 1.54) is 6.92 Å². The molecule has 1 aliphatic rings. The van der Waals surface area contributed by atoms with E-state index in [0.717, 1.165) is 28.9 Å². The molecule has 154 valence electrons. The van der Waals surface area contributed by atoms with Gasteiger partial charge in [-0.05, 0) is 29.5 Å². The summed E-state index contributed by atoms with van der Waals surface area (Å²) >= 11 is 0. The Morgan fingerprint density at radius 3 is 2.47 bits per heavy atom. The molecule has 6 heteroatoms. The molecule has 1 fully saturated rings. The minimum Gasteiger partial charge on any atom is -0.347 e. The van der Waals surface area contributed by atoms with E-state index in [2.05, 4.69) is 46.4 Å². The first-order valence-corrected chi connectivity index (χ1v) is 10.3. The maximum Gasteiger partial charge on any atom is 0.246 e. The maximum atomic E-state index is 13.4. The van der Waals surface area contributed by atoms with Crippen LogP contribution in [0.1, 0.15) is 31.2 Å². The number of H-pyrrole nitrogens is 1. The Hall–Kier alpha value is -3.41. The van der Waals surface area contributed by atoms with Gasteiger partial charge in [0.15, 0.2) is 0 Å². The Morgan fingerprint density at radius 2 is 1.80 bits per heavy atom. The lowest BCUT2D eigenvalue weighted by atomic mass is 10.0. The van der Waals surface area contributed by atoms with Crippen molar-refractivity contribution in [1.82, 2.24) is 19.8 Å². The van der Waals surface area contributed by atoms with Crippen LogP contribution in [0.2, 0.25) is 0 Å². The molecule has 0 aliphatic carbocycles. The molecule has 1 aromatic heterocycles. The van der Waals surface area contributed by atoms with Crippen LogP contribution in [0, 0.1) is 0 Å². The molecule has 1 saturated heterocycles. The molecule has 1 N–H and O–H groups in total. The summed E-state index contributed by atoms with van der Waals surface area (Å²) in [6.07, 6.45) is 5.00. The average Bonchev–Trinajstić information content (AvgIpc) is 3.46. The minimum atomic E-state index is -0.388. The van der Waals surface area contributed by atoms with Gasteiger partial charge in [0, 0.05) is 32.4 Å². The molecule has 2 heterocycles. The molecule has 4 rings (SSSR count). The molecule has 1 atom stereocenters. The van der Waals surface area contributed by atoms with Crippen LogP contribution in [0.4, 0.5) is 0 Å². The van der Waals surface area contributed by atoms with E-state index in [-0.39, 0.29) is 17.9 Å². The lowest BCUT2D eigenvalue weighted by molar-refractivity contribution is -0.143. The predicted octanol–water partition coefficient (Wildman–Crippen LogP) is 3.62. The highest BCUT2D eigenvalue weighted by Gasteiger charge is 2.35. The standard InChI is InChI=1S/C24H26N4O2/c1-18(29)28-15-5-8-22(28)24(30)27(17-23-25-13-14-26-23)16-19-9-11-21(12-10-19)20-6-3-2-4-7-20/h2-4,6-7,9-14,22H,5,8,15-17H2,1H3,(H,25,26)/t22-/m0/s1. The smallest absolute Gasteiger partial charge is 0.246 e. The Labute approximate surface area is 176 Å². The SMILES string of the molecule is CC(=O)N1CCC[C@H]1C(=O)N(Cc1ccc(-c2ccccc2)cc1)Cc1ncc[nH]1. The number of carbonyl (C=O) groups excluding carboxylic acids is 2. The fourth-order valence-corrected chi connectivity index (χ4v) is 4.04. The second-order valence-corrected chi connectivity index (χ2v) is 7.66. The highest BCUT2D eigenvalue weighted by Crippen LogP contribution is 2.23. The fraction of sp³-hybridized carbons (Fsp3) is 0.292. The molecule has 0 saturated carbocycles. The summed E-state index contributed by atoms with van der Waals surface area (Å²) in [4.78, 5) is 36.2. The fourth-order valence-electron chi connectivity index (χ4n) is 4.04. The molecular formula is C24H26N4O2. The second-order valence-electron chi connectivity index (χ2n) is 7.66. The molecule has 0 radical (unpaired) electrons. The van der Waals surface area contributed by atoms with Crippen molar-refractivity contribution in [2.45, 2.75) is 38.9 Å². The number of amides is 2. The molecule has 30 heavy (non-hydrogen) atoms. The number of imidazole rings is 1. The van der Waals surface area contributed by atoms with Crippen molar-refractivity contribution in [3.63, 3.8) is 0 Å². The first kappa shape index (κ1) is 19.9. The van der Waals surface area contributed by atoms with Gasteiger partial charge in [0.1, 0.15) is 11.9 Å². The van der Waals surface area contributed by atoms with Crippen molar-refractivity contribution in [1.29, 1.82) is 0 Å². The number of aromatic nitrogens is 2. The summed E-state index contributed by atoms with van der Waals surface area (Å²) in [6.45, 7) is 3.03. The van der Waals surface area contributed by atoms with E-state index in [4.69, 9.17) is 0 Å². The van der Waals surface area contributed by atoms with Gasteiger partial charge >= 0.3 is 0 Å². The number of aromatic amines is 1. The minimum absolute atomic E-state index is 0.0220. The summed E-state index contributed by atoms with van der Waals surface area (Å²) in [7, 11) is 0. The zero-order valence-corrected chi connectivity index (χ0v) is 17.1. The first-order chi connectivity index (χ1) is 14.6. The van der Waals surface area contributed by atoms with E-state index in [1.54, 1.807) is 22.2 Å². The number of benzene rings is 2. The van der Waals surface area contributed by atoms with Crippen LogP contribution in [-0.4, -0.2) is 44.2 Å². The summed E-state index contributed by atoms with van der Waals surface area (Å²) in [5.74, 6) is 0.666.